The van der Waals surface area contributed by atoms with Gasteiger partial charge in [-0.2, -0.15) is 10.4 Å². The van der Waals surface area contributed by atoms with E-state index >= 15 is 0 Å². The zero-order chi connectivity index (χ0) is 23.8. The molecule has 1 aliphatic rings. The molecule has 2 N–H and O–H groups in total. The van der Waals surface area contributed by atoms with Gasteiger partial charge in [-0.3, -0.25) is 4.79 Å². The molecule has 3 heterocycles. The van der Waals surface area contributed by atoms with E-state index in [2.05, 4.69) is 38.6 Å². The third-order valence-electron chi connectivity index (χ3n) is 5.88. The maximum Gasteiger partial charge on any atom is 0.295 e. The van der Waals surface area contributed by atoms with Crippen LogP contribution in [0.3, 0.4) is 0 Å². The number of anilines is 1. The van der Waals surface area contributed by atoms with Crippen molar-refractivity contribution in [3.05, 3.63) is 42.4 Å². The minimum Gasteiger partial charge on any atom is -0.492 e. The number of fused-ring (bicyclic) bond motifs is 1. The maximum absolute atomic E-state index is 11.9. The standard InChI is InChI=1S/C26H28N6O2/c1-2-34-22-14-23(26-21(15-27)17-31-32(26)18-22)20-10-11-24(30-16-20)28-12-13-29-25(33)9-5-8-19-6-3-4-7-19/h10-11,14,16-19H,2-4,6-8,12-13H2,1H3,(H,28,30)(H,29,33). The Labute approximate surface area is 199 Å². The first-order valence-corrected chi connectivity index (χ1v) is 11.7. The van der Waals surface area contributed by atoms with Gasteiger partial charge in [-0.05, 0) is 49.8 Å². The van der Waals surface area contributed by atoms with E-state index in [1.807, 2.05) is 25.1 Å². The molecule has 4 rings (SSSR count). The normalized spacial score (nSPS) is 13.2. The van der Waals surface area contributed by atoms with E-state index in [1.54, 1.807) is 23.1 Å². The molecular formula is C26H28N6O2. The molecule has 8 heteroatoms. The summed E-state index contributed by atoms with van der Waals surface area (Å²) in [5.41, 5.74) is 2.87. The van der Waals surface area contributed by atoms with Crippen LogP contribution in [0.2, 0.25) is 0 Å². The summed E-state index contributed by atoms with van der Waals surface area (Å²) in [6, 6.07) is 7.89. The highest BCUT2D eigenvalue weighted by Crippen LogP contribution is 2.31. The smallest absolute Gasteiger partial charge is 0.295 e. The van der Waals surface area contributed by atoms with Gasteiger partial charge in [0.1, 0.15) is 17.6 Å². The fraction of sp³-hybridized carbons (Fsp3) is 0.385. The van der Waals surface area contributed by atoms with Crippen LogP contribution in [0.15, 0.2) is 36.8 Å². The first kappa shape index (κ1) is 23.1. The second-order valence-corrected chi connectivity index (χ2v) is 8.26. The summed E-state index contributed by atoms with van der Waals surface area (Å²) in [7, 11) is 0. The maximum atomic E-state index is 11.9. The zero-order valence-electron chi connectivity index (χ0n) is 19.3. The molecule has 174 valence electrons. The van der Waals surface area contributed by atoms with Crippen molar-refractivity contribution >= 4 is 17.2 Å². The third kappa shape index (κ3) is 5.65. The van der Waals surface area contributed by atoms with Crippen LogP contribution in [0.5, 0.6) is 5.75 Å². The lowest BCUT2D eigenvalue weighted by atomic mass is 10.1. The molecule has 1 saturated carbocycles. The summed E-state index contributed by atoms with van der Waals surface area (Å²) in [5, 5.41) is 19.8. The Balaban J connectivity index is 1.34. The van der Waals surface area contributed by atoms with Crippen molar-refractivity contribution in [2.45, 2.75) is 39.0 Å². The molecule has 1 fully saturated rings. The Bertz CT molecular complexity index is 1240. The molecule has 0 unspecified atom stereocenters. The SMILES string of the molecule is CCOc1cc(-c2ccc(NCCNC(=O)C#CCC3CCCC3)nc2)c2c(C#N)cnn2c1. The minimum atomic E-state index is -0.240. The number of ether oxygens (including phenoxy) is 1. The number of rotatable bonds is 8. The minimum absolute atomic E-state index is 0.240. The molecule has 0 saturated heterocycles. The number of hydrogen-bond donors (Lipinski definition) is 2. The molecule has 0 atom stereocenters. The van der Waals surface area contributed by atoms with Gasteiger partial charge in [-0.1, -0.05) is 18.8 Å². The highest BCUT2D eigenvalue weighted by molar-refractivity contribution is 5.93. The lowest BCUT2D eigenvalue weighted by Gasteiger charge is -2.10. The largest absolute Gasteiger partial charge is 0.492 e. The fourth-order valence-corrected chi connectivity index (χ4v) is 4.20. The van der Waals surface area contributed by atoms with Crippen LogP contribution in [0.4, 0.5) is 5.82 Å². The average Bonchev–Trinajstić information content (AvgIpc) is 3.52. The summed E-state index contributed by atoms with van der Waals surface area (Å²) < 4.78 is 7.31. The number of carbonyl (C=O) groups is 1. The van der Waals surface area contributed by atoms with Gasteiger partial charge in [0.05, 0.1) is 30.1 Å². The van der Waals surface area contributed by atoms with Gasteiger partial charge in [-0.25, -0.2) is 9.50 Å². The van der Waals surface area contributed by atoms with Crippen LogP contribution < -0.4 is 15.4 Å². The van der Waals surface area contributed by atoms with E-state index in [9.17, 15) is 10.1 Å². The highest BCUT2D eigenvalue weighted by Gasteiger charge is 2.14. The molecule has 0 aliphatic heterocycles. The molecule has 1 aliphatic carbocycles. The molecule has 3 aromatic heterocycles. The number of aromatic nitrogens is 3. The molecule has 3 aromatic rings. The fourth-order valence-electron chi connectivity index (χ4n) is 4.20. The van der Waals surface area contributed by atoms with E-state index in [1.165, 1.54) is 25.7 Å². The van der Waals surface area contributed by atoms with Crippen molar-refractivity contribution < 1.29 is 9.53 Å². The number of amides is 1. The van der Waals surface area contributed by atoms with Crippen molar-refractivity contribution in [3.8, 4) is 34.8 Å². The van der Waals surface area contributed by atoms with Gasteiger partial charge in [0.25, 0.3) is 5.91 Å². The number of hydrogen-bond acceptors (Lipinski definition) is 6. The highest BCUT2D eigenvalue weighted by atomic mass is 16.5. The molecule has 34 heavy (non-hydrogen) atoms. The van der Waals surface area contributed by atoms with Crippen molar-refractivity contribution in [2.75, 3.05) is 25.0 Å². The summed E-state index contributed by atoms with van der Waals surface area (Å²) in [4.78, 5) is 16.4. The van der Waals surface area contributed by atoms with E-state index in [-0.39, 0.29) is 5.91 Å². The lowest BCUT2D eigenvalue weighted by Crippen LogP contribution is -2.27. The molecule has 0 bridgehead atoms. The first-order valence-electron chi connectivity index (χ1n) is 11.7. The second-order valence-electron chi connectivity index (χ2n) is 8.26. The van der Waals surface area contributed by atoms with Gasteiger partial charge in [0.15, 0.2) is 0 Å². The molecular weight excluding hydrogens is 428 g/mol. The number of nitriles is 1. The van der Waals surface area contributed by atoms with Crippen LogP contribution in [0.25, 0.3) is 16.6 Å². The number of carbonyl (C=O) groups excluding carboxylic acids is 1. The third-order valence-corrected chi connectivity index (χ3v) is 5.88. The Kier molecular flexibility index (Phi) is 7.62. The van der Waals surface area contributed by atoms with Crippen LogP contribution >= 0.6 is 0 Å². The number of pyridine rings is 2. The molecule has 0 radical (unpaired) electrons. The van der Waals surface area contributed by atoms with Crippen LogP contribution in [-0.4, -0.2) is 40.2 Å². The van der Waals surface area contributed by atoms with Gasteiger partial charge < -0.3 is 15.4 Å². The number of nitrogens with one attached hydrogen (secondary N) is 2. The van der Waals surface area contributed by atoms with Crippen LogP contribution in [-0.2, 0) is 4.79 Å². The van der Waals surface area contributed by atoms with Crippen LogP contribution in [0, 0.1) is 29.1 Å². The molecule has 0 aromatic carbocycles. The van der Waals surface area contributed by atoms with Crippen molar-refractivity contribution in [1.29, 1.82) is 5.26 Å². The van der Waals surface area contributed by atoms with Crippen molar-refractivity contribution in [3.63, 3.8) is 0 Å². The number of nitrogens with zero attached hydrogens (tertiary/aromatic N) is 4. The Morgan fingerprint density at radius 1 is 1.26 bits per heavy atom. The average molecular weight is 457 g/mol. The zero-order valence-corrected chi connectivity index (χ0v) is 19.3. The Morgan fingerprint density at radius 3 is 2.85 bits per heavy atom. The lowest BCUT2D eigenvalue weighted by molar-refractivity contribution is -0.115. The van der Waals surface area contributed by atoms with E-state index < -0.39 is 0 Å². The Morgan fingerprint density at radius 2 is 2.12 bits per heavy atom. The monoisotopic (exact) mass is 456 g/mol. The summed E-state index contributed by atoms with van der Waals surface area (Å²) in [6.07, 6.45) is 10.9. The molecule has 8 nitrogen and oxygen atoms in total. The molecule has 0 spiro atoms. The quantitative estimate of drug-likeness (QED) is 0.395. The van der Waals surface area contributed by atoms with Crippen LogP contribution in [0.1, 0.15) is 44.6 Å². The predicted octanol–water partition coefficient (Wildman–Crippen LogP) is 3.78. The summed E-state index contributed by atoms with van der Waals surface area (Å²) in [5.74, 6) is 7.47. The van der Waals surface area contributed by atoms with Gasteiger partial charge >= 0.3 is 0 Å². The van der Waals surface area contributed by atoms with E-state index in [0.717, 1.165) is 17.5 Å². The second kappa shape index (κ2) is 11.2. The van der Waals surface area contributed by atoms with Gasteiger partial charge in [0, 0.05) is 36.8 Å². The first-order chi connectivity index (χ1) is 16.7. The predicted molar refractivity (Wildman–Crippen MR) is 130 cm³/mol. The van der Waals surface area contributed by atoms with Crippen molar-refractivity contribution in [2.24, 2.45) is 5.92 Å². The van der Waals surface area contributed by atoms with E-state index in [4.69, 9.17) is 4.74 Å². The van der Waals surface area contributed by atoms with Gasteiger partial charge in [-0.15, -0.1) is 0 Å². The van der Waals surface area contributed by atoms with Gasteiger partial charge in [0.2, 0.25) is 0 Å². The Hall–Kier alpha value is -4.04. The summed E-state index contributed by atoms with van der Waals surface area (Å²) in [6.45, 7) is 3.44. The molecule has 1 amide bonds. The summed E-state index contributed by atoms with van der Waals surface area (Å²) >= 11 is 0. The topological polar surface area (TPSA) is 104 Å². The van der Waals surface area contributed by atoms with Crippen molar-refractivity contribution in [1.82, 2.24) is 19.9 Å². The van der Waals surface area contributed by atoms with E-state index in [0.29, 0.717) is 48.3 Å².